The molecule has 7 nitrogen and oxygen atoms in total. The molecule has 0 bridgehead atoms. The van der Waals surface area contributed by atoms with Gasteiger partial charge in [0.1, 0.15) is 4.90 Å². The first kappa shape index (κ1) is 19.1. The van der Waals surface area contributed by atoms with E-state index in [2.05, 4.69) is 0 Å². The Morgan fingerprint density at radius 2 is 1.46 bits per heavy atom. The van der Waals surface area contributed by atoms with Crippen molar-refractivity contribution < 1.29 is 85.3 Å². The van der Waals surface area contributed by atoms with Gasteiger partial charge in [0.15, 0.2) is 11.6 Å². The van der Waals surface area contributed by atoms with E-state index in [0.717, 1.165) is 12.1 Å². The number of carbonyl (C=O) groups excluding carboxylic acids is 2. The smallest absolute Gasteiger partial charge is 1.00 e. The zero-order chi connectivity index (χ0) is 16.9. The van der Waals surface area contributed by atoms with Gasteiger partial charge in [-0.2, -0.15) is 8.42 Å². The second-order valence-electron chi connectivity index (χ2n) is 4.85. The molecule has 0 atom stereocenters. The molecule has 0 spiro atoms. The Hall–Kier alpha value is -1.20. The first-order valence-electron chi connectivity index (χ1n) is 6.29. The molecule has 0 heterocycles. The van der Waals surface area contributed by atoms with Crippen LogP contribution in [0.2, 0.25) is 0 Å². The van der Waals surface area contributed by atoms with Gasteiger partial charge in [0.2, 0.25) is 0 Å². The van der Waals surface area contributed by atoms with Crippen molar-refractivity contribution in [2.75, 3.05) is 0 Å². The fraction of sp³-hybridized carbons (Fsp3) is 0. The maximum absolute atomic E-state index is 12.6. The molecule has 0 unspecified atom stereocenters. The third-order valence-corrected chi connectivity index (χ3v) is 4.47. The summed E-state index contributed by atoms with van der Waals surface area (Å²) in [6, 6.07) is 7.73. The van der Waals surface area contributed by atoms with E-state index in [9.17, 15) is 27.4 Å². The van der Waals surface area contributed by atoms with E-state index in [1.807, 2.05) is 0 Å². The molecule has 0 amide bonds. The predicted molar refractivity (Wildman–Crippen MR) is 77.6 cm³/mol. The number of aromatic carboxylic acids is 1. The van der Waals surface area contributed by atoms with Crippen LogP contribution in [0.25, 0.3) is 0 Å². The molecule has 24 heavy (non-hydrogen) atoms. The number of carboxylic acids is 1. The summed E-state index contributed by atoms with van der Waals surface area (Å²) >= 11 is 0. The van der Waals surface area contributed by atoms with Crippen molar-refractivity contribution in [1.29, 1.82) is 0 Å². The zero-order valence-corrected chi connectivity index (χ0v) is 16.2. The van der Waals surface area contributed by atoms with Crippen LogP contribution in [0.1, 0.15) is 43.6 Å². The van der Waals surface area contributed by atoms with E-state index < -0.39 is 43.7 Å². The Morgan fingerprint density at radius 1 is 0.917 bits per heavy atom. The normalized spacial score (nSPS) is 12.9. The van der Waals surface area contributed by atoms with Gasteiger partial charge in [0.05, 0.1) is 11.1 Å². The minimum absolute atomic E-state index is 0. The third kappa shape index (κ3) is 2.92. The number of ketones is 2. The molecule has 1 aliphatic carbocycles. The third-order valence-electron chi connectivity index (χ3n) is 3.53. The molecule has 0 saturated heterocycles. The van der Waals surface area contributed by atoms with Crippen LogP contribution in [0.5, 0.6) is 0 Å². The molecule has 2 aromatic carbocycles. The summed E-state index contributed by atoms with van der Waals surface area (Å²) in [5, 5.41) is 9.11. The summed E-state index contributed by atoms with van der Waals surface area (Å²) in [5.74, 6) is -3.08. The van der Waals surface area contributed by atoms with Gasteiger partial charge in [-0.15, -0.1) is 0 Å². The van der Waals surface area contributed by atoms with Crippen molar-refractivity contribution in [2.24, 2.45) is 0 Å². The molecule has 0 radical (unpaired) electrons. The van der Waals surface area contributed by atoms with Crippen molar-refractivity contribution in [2.45, 2.75) is 4.90 Å². The minimum atomic E-state index is -5.03. The van der Waals surface area contributed by atoms with E-state index in [0.29, 0.717) is 0 Å². The molecule has 1 aliphatic rings. The number of benzene rings is 2. The van der Waals surface area contributed by atoms with Gasteiger partial charge < -0.3 is 6.53 Å². The van der Waals surface area contributed by atoms with Crippen LogP contribution in [-0.4, -0.2) is 35.6 Å². The Kier molecular flexibility index (Phi) is 5.26. The second-order valence-corrected chi connectivity index (χ2v) is 6.21. The molecule has 0 saturated carbocycles. The fourth-order valence-corrected chi connectivity index (χ4v) is 3.49. The summed E-state index contributed by atoms with van der Waals surface area (Å²) in [4.78, 5) is 35.2. The van der Waals surface area contributed by atoms with E-state index >= 15 is 0 Å². The average Bonchev–Trinajstić information content (AvgIpc) is 2.50. The van der Waals surface area contributed by atoms with Gasteiger partial charge in [0.25, 0.3) is 10.1 Å². The van der Waals surface area contributed by atoms with Crippen molar-refractivity contribution in [3.8, 4) is 0 Å². The first-order chi connectivity index (χ1) is 10.7. The molecule has 9 heteroatoms. The summed E-state index contributed by atoms with van der Waals surface area (Å²) in [6.45, 7) is 0. The molecule has 3 rings (SSSR count). The van der Waals surface area contributed by atoms with Crippen LogP contribution < -0.4 is 51.4 Å². The molecule has 0 aromatic heterocycles. The summed E-state index contributed by atoms with van der Waals surface area (Å²) in [5.41, 5.74) is -1.60. The van der Waals surface area contributed by atoms with Crippen molar-refractivity contribution in [3.05, 3.63) is 64.2 Å². The van der Waals surface area contributed by atoms with Gasteiger partial charge in [-0.1, -0.05) is 24.3 Å². The quantitative estimate of drug-likeness (QED) is 0.415. The molecular weight excluding hydrogens is 363 g/mol. The van der Waals surface area contributed by atoms with Gasteiger partial charge in [0, 0.05) is 16.7 Å². The van der Waals surface area contributed by atoms with E-state index in [1.54, 1.807) is 6.07 Å². The number of hydrogen-bond acceptors (Lipinski definition) is 5. The monoisotopic (exact) mass is 372 g/mol. The maximum atomic E-state index is 12.6. The van der Waals surface area contributed by atoms with E-state index in [4.69, 9.17) is 5.11 Å². The Labute approximate surface area is 180 Å². The van der Waals surface area contributed by atoms with Gasteiger partial charge in [-0.05, 0) is 12.1 Å². The SMILES string of the molecule is O=C1c2ccccc2C(=O)c2c1ccc(C(=O)O)c2S(=O)(=O)O.[H-].[K+]. The molecule has 2 N–H and O–H groups in total. The van der Waals surface area contributed by atoms with Gasteiger partial charge >= 0.3 is 57.4 Å². The summed E-state index contributed by atoms with van der Waals surface area (Å²) in [6.07, 6.45) is 0. The van der Waals surface area contributed by atoms with Crippen molar-refractivity contribution in [3.63, 3.8) is 0 Å². The molecule has 0 fully saturated rings. The Bertz CT molecular complexity index is 1010. The predicted octanol–water partition coefficient (Wildman–Crippen LogP) is -1.48. The van der Waals surface area contributed by atoms with Crippen molar-refractivity contribution in [1.82, 2.24) is 0 Å². The average molecular weight is 372 g/mol. The number of rotatable bonds is 2. The zero-order valence-electron chi connectivity index (χ0n) is 13.3. The first-order valence-corrected chi connectivity index (χ1v) is 7.73. The topological polar surface area (TPSA) is 126 Å². The van der Waals surface area contributed by atoms with Crippen LogP contribution in [0.3, 0.4) is 0 Å². The van der Waals surface area contributed by atoms with Crippen LogP contribution in [0, 0.1) is 0 Å². The molecule has 2 aromatic rings. The number of carboxylic acid groups (broad SMARTS) is 1. The Balaban J connectivity index is 0.00000156. The van der Waals surface area contributed by atoms with Gasteiger partial charge in [-0.3, -0.25) is 14.1 Å². The van der Waals surface area contributed by atoms with E-state index in [-0.39, 0.29) is 69.5 Å². The largest absolute Gasteiger partial charge is 1.00 e. The number of carbonyl (C=O) groups is 3. The second kappa shape index (κ2) is 6.60. The van der Waals surface area contributed by atoms with Crippen LogP contribution >= 0.6 is 0 Å². The number of hydrogen-bond donors (Lipinski definition) is 2. The standard InChI is InChI=1S/C15H8O7S.K.H/c16-12-7-3-1-2-4-8(7)13(17)11-9(12)5-6-10(15(18)19)14(11)23(20,21)22;;/h1-6H,(H,18,19)(H,20,21,22);;/q;+1;-1. The fourth-order valence-electron chi connectivity index (χ4n) is 2.59. The van der Waals surface area contributed by atoms with Gasteiger partial charge in [-0.25, -0.2) is 4.79 Å². The molecular formula is C15H9KO7S. The van der Waals surface area contributed by atoms with Crippen molar-refractivity contribution >= 4 is 27.7 Å². The molecule has 0 aliphatic heterocycles. The van der Waals surface area contributed by atoms with Crippen LogP contribution in [0.4, 0.5) is 0 Å². The Morgan fingerprint density at radius 3 is 1.96 bits per heavy atom. The minimum Gasteiger partial charge on any atom is -1.00 e. The molecule has 118 valence electrons. The maximum Gasteiger partial charge on any atom is 1.00 e. The summed E-state index contributed by atoms with van der Waals surface area (Å²) < 4.78 is 32.6. The van der Waals surface area contributed by atoms with Crippen LogP contribution in [0.15, 0.2) is 41.3 Å². The summed E-state index contributed by atoms with van der Waals surface area (Å²) in [7, 11) is -5.03. The number of fused-ring (bicyclic) bond motifs is 2. The van der Waals surface area contributed by atoms with Crippen LogP contribution in [-0.2, 0) is 10.1 Å². The van der Waals surface area contributed by atoms with E-state index in [1.165, 1.54) is 18.2 Å².